The minimum absolute atomic E-state index is 0.0754. The van der Waals surface area contributed by atoms with Crippen LogP contribution >= 0.6 is 0 Å². The molecule has 1 aliphatic carbocycles. The predicted molar refractivity (Wildman–Crippen MR) is 88.1 cm³/mol. The summed E-state index contributed by atoms with van der Waals surface area (Å²) in [6, 6.07) is 2.05. The Bertz CT molecular complexity index is 705. The molecule has 1 aromatic heterocycles. The summed E-state index contributed by atoms with van der Waals surface area (Å²) in [5.74, 6) is -0.154. The number of rotatable bonds is 2. The second kappa shape index (κ2) is 6.01. The number of ether oxygens (including phenoxy) is 1. The molecule has 0 spiro atoms. The fourth-order valence-electron chi connectivity index (χ4n) is 4.32. The lowest BCUT2D eigenvalue weighted by molar-refractivity contribution is 0.0257. The molecule has 0 unspecified atom stereocenters. The molecule has 0 aromatic carbocycles. The number of likely N-dealkylation sites (tertiary alicyclic amines) is 1. The first kappa shape index (κ1) is 15.8. The Labute approximate surface area is 141 Å². The Morgan fingerprint density at radius 3 is 2.62 bits per heavy atom. The number of morpholine rings is 1. The average Bonchev–Trinajstić information content (AvgIpc) is 3.19. The van der Waals surface area contributed by atoms with E-state index in [0.717, 1.165) is 24.8 Å². The van der Waals surface area contributed by atoms with Gasteiger partial charge in [-0.25, -0.2) is 0 Å². The monoisotopic (exact) mass is 332 g/mol. The topological polar surface area (TPSA) is 71.8 Å². The number of carbonyl (C=O) groups is 1. The van der Waals surface area contributed by atoms with Crippen LogP contribution in [0, 0.1) is 6.92 Å². The molecule has 2 saturated heterocycles. The van der Waals surface area contributed by atoms with Gasteiger partial charge in [0.2, 0.25) is 0 Å². The number of aryl methyl sites for hydroxylation is 1. The quantitative estimate of drug-likeness (QED) is 0.885. The number of nitrogens with zero attached hydrogens (tertiary/aromatic N) is 2. The fraction of sp³-hybridized carbons (Fsp3) is 0.667. The first-order valence-corrected chi connectivity index (χ1v) is 8.87. The van der Waals surface area contributed by atoms with Gasteiger partial charge >= 0.3 is 0 Å². The van der Waals surface area contributed by atoms with Crippen LogP contribution in [0.25, 0.3) is 0 Å². The smallest absolute Gasteiger partial charge is 0.263 e. The second-order valence-corrected chi connectivity index (χ2v) is 7.35. The van der Waals surface area contributed by atoms with Gasteiger partial charge < -0.3 is 19.3 Å². The van der Waals surface area contributed by atoms with Gasteiger partial charge in [-0.3, -0.25) is 9.59 Å². The molecule has 4 rings (SSSR count). The molecule has 3 heterocycles. The van der Waals surface area contributed by atoms with Gasteiger partial charge in [0.25, 0.3) is 11.5 Å². The van der Waals surface area contributed by atoms with Gasteiger partial charge in [0, 0.05) is 18.8 Å². The van der Waals surface area contributed by atoms with Crippen molar-refractivity contribution in [3.05, 3.63) is 33.7 Å². The molecule has 2 atom stereocenters. The van der Waals surface area contributed by atoms with E-state index in [2.05, 4.69) is 0 Å². The van der Waals surface area contributed by atoms with E-state index in [1.165, 1.54) is 0 Å². The maximum Gasteiger partial charge on any atom is 0.263 e. The van der Waals surface area contributed by atoms with Gasteiger partial charge in [-0.05, 0) is 50.7 Å². The van der Waals surface area contributed by atoms with Gasteiger partial charge in [0.15, 0.2) is 0 Å². The van der Waals surface area contributed by atoms with Crippen LogP contribution in [-0.2, 0) is 4.74 Å². The predicted octanol–water partition coefficient (Wildman–Crippen LogP) is 1.25. The lowest BCUT2D eigenvalue weighted by Gasteiger charge is -2.29. The molecule has 3 aliphatic rings. The van der Waals surface area contributed by atoms with Gasteiger partial charge in [0.1, 0.15) is 5.56 Å². The number of aliphatic hydroxyl groups is 1. The maximum absolute atomic E-state index is 13.0. The SMILES string of the molecule is Cc1ccn(C2CCC(O)CC2)c(=O)c1C(=O)N1C[C@H]2C[C@@H]1CO2. The molecule has 1 N–H and O–H groups in total. The lowest BCUT2D eigenvalue weighted by atomic mass is 9.92. The minimum atomic E-state index is -0.261. The summed E-state index contributed by atoms with van der Waals surface area (Å²) in [6.07, 6.45) is 5.53. The normalized spacial score (nSPS) is 32.3. The summed E-state index contributed by atoms with van der Waals surface area (Å²) in [7, 11) is 0. The number of hydrogen-bond donors (Lipinski definition) is 1. The average molecular weight is 332 g/mol. The Morgan fingerprint density at radius 1 is 1.25 bits per heavy atom. The number of hydrogen-bond acceptors (Lipinski definition) is 4. The molecule has 24 heavy (non-hydrogen) atoms. The molecule has 3 fully saturated rings. The highest BCUT2D eigenvalue weighted by atomic mass is 16.5. The van der Waals surface area contributed by atoms with Gasteiger partial charge in [-0.1, -0.05) is 0 Å². The van der Waals surface area contributed by atoms with E-state index in [9.17, 15) is 14.7 Å². The van der Waals surface area contributed by atoms with Crippen LogP contribution in [-0.4, -0.2) is 51.9 Å². The molecule has 2 aliphatic heterocycles. The third-order valence-electron chi connectivity index (χ3n) is 5.76. The number of aromatic nitrogens is 1. The molecule has 1 amide bonds. The van der Waals surface area contributed by atoms with E-state index in [1.807, 2.05) is 17.9 Å². The number of pyridine rings is 1. The van der Waals surface area contributed by atoms with Crippen molar-refractivity contribution in [1.29, 1.82) is 0 Å². The van der Waals surface area contributed by atoms with Crippen LogP contribution in [0.15, 0.2) is 17.1 Å². The van der Waals surface area contributed by atoms with Gasteiger partial charge in [0.05, 0.1) is 24.9 Å². The lowest BCUT2D eigenvalue weighted by Crippen LogP contribution is -2.44. The summed E-state index contributed by atoms with van der Waals surface area (Å²) < 4.78 is 7.26. The summed E-state index contributed by atoms with van der Waals surface area (Å²) >= 11 is 0. The van der Waals surface area contributed by atoms with E-state index in [0.29, 0.717) is 31.6 Å². The van der Waals surface area contributed by atoms with Crippen molar-refractivity contribution < 1.29 is 14.6 Å². The first-order chi connectivity index (χ1) is 11.5. The largest absolute Gasteiger partial charge is 0.393 e. The van der Waals surface area contributed by atoms with E-state index < -0.39 is 0 Å². The number of aliphatic hydroxyl groups excluding tert-OH is 1. The third-order valence-corrected chi connectivity index (χ3v) is 5.76. The fourth-order valence-corrected chi connectivity index (χ4v) is 4.32. The van der Waals surface area contributed by atoms with Crippen LogP contribution in [0.4, 0.5) is 0 Å². The maximum atomic E-state index is 13.0. The standard InChI is InChI=1S/C18H24N2O4/c1-11-6-7-19(12-2-4-14(21)5-3-12)17(22)16(11)18(23)20-9-15-8-13(20)10-24-15/h6-7,12-15,21H,2-5,8-10H2,1H3/t12?,13-,14?,15-/m1/s1. The summed E-state index contributed by atoms with van der Waals surface area (Å²) in [5, 5.41) is 9.67. The Balaban J connectivity index is 1.64. The van der Waals surface area contributed by atoms with Crippen LogP contribution < -0.4 is 5.56 Å². The van der Waals surface area contributed by atoms with Gasteiger partial charge in [-0.2, -0.15) is 0 Å². The minimum Gasteiger partial charge on any atom is -0.393 e. The zero-order chi connectivity index (χ0) is 16.8. The molecule has 6 nitrogen and oxygen atoms in total. The molecule has 1 saturated carbocycles. The molecule has 2 bridgehead atoms. The van der Waals surface area contributed by atoms with E-state index in [4.69, 9.17) is 4.74 Å². The second-order valence-electron chi connectivity index (χ2n) is 7.35. The highest BCUT2D eigenvalue weighted by Crippen LogP contribution is 2.30. The van der Waals surface area contributed by atoms with E-state index >= 15 is 0 Å². The summed E-state index contributed by atoms with van der Waals surface area (Å²) in [5.41, 5.74) is 0.849. The highest BCUT2D eigenvalue weighted by Gasteiger charge is 2.42. The van der Waals surface area contributed by atoms with Crippen molar-refractivity contribution >= 4 is 5.91 Å². The molecule has 1 aromatic rings. The van der Waals surface area contributed by atoms with Crippen LogP contribution in [0.1, 0.15) is 54.1 Å². The first-order valence-electron chi connectivity index (χ1n) is 8.87. The Kier molecular flexibility index (Phi) is 3.96. The Morgan fingerprint density at radius 2 is 2.00 bits per heavy atom. The molecule has 130 valence electrons. The van der Waals surface area contributed by atoms with E-state index in [1.54, 1.807) is 10.8 Å². The van der Waals surface area contributed by atoms with E-state index in [-0.39, 0.29) is 35.8 Å². The molecule has 0 radical (unpaired) electrons. The summed E-state index contributed by atoms with van der Waals surface area (Å²) in [6.45, 7) is 3.00. The van der Waals surface area contributed by atoms with Crippen molar-refractivity contribution in [3.63, 3.8) is 0 Å². The number of amides is 1. The Hall–Kier alpha value is -1.66. The summed E-state index contributed by atoms with van der Waals surface area (Å²) in [4.78, 5) is 27.8. The zero-order valence-electron chi connectivity index (χ0n) is 14.0. The van der Waals surface area contributed by atoms with Crippen molar-refractivity contribution in [2.75, 3.05) is 13.2 Å². The van der Waals surface area contributed by atoms with Crippen LogP contribution in [0.5, 0.6) is 0 Å². The van der Waals surface area contributed by atoms with Crippen molar-refractivity contribution in [2.24, 2.45) is 0 Å². The van der Waals surface area contributed by atoms with Crippen molar-refractivity contribution in [2.45, 2.75) is 63.3 Å². The molecular formula is C18H24N2O4. The number of carbonyl (C=O) groups excluding carboxylic acids is 1. The van der Waals surface area contributed by atoms with Crippen LogP contribution in [0.3, 0.4) is 0 Å². The van der Waals surface area contributed by atoms with Crippen molar-refractivity contribution in [3.8, 4) is 0 Å². The van der Waals surface area contributed by atoms with Crippen LogP contribution in [0.2, 0.25) is 0 Å². The van der Waals surface area contributed by atoms with Crippen molar-refractivity contribution in [1.82, 2.24) is 9.47 Å². The molecular weight excluding hydrogens is 308 g/mol. The highest BCUT2D eigenvalue weighted by molar-refractivity contribution is 5.95. The molecule has 6 heteroatoms. The number of fused-ring (bicyclic) bond motifs is 2. The van der Waals surface area contributed by atoms with Gasteiger partial charge in [-0.15, -0.1) is 0 Å². The zero-order valence-corrected chi connectivity index (χ0v) is 14.0. The third kappa shape index (κ3) is 2.58.